The average molecular weight is 299 g/mol. The summed E-state index contributed by atoms with van der Waals surface area (Å²) in [7, 11) is 1.33. The van der Waals surface area contributed by atoms with Gasteiger partial charge in [-0.05, 0) is 25.5 Å². The number of anilines is 2. The van der Waals surface area contributed by atoms with Gasteiger partial charge >= 0.3 is 5.97 Å². The lowest BCUT2D eigenvalue weighted by Crippen LogP contribution is -2.27. The molecule has 2 atom stereocenters. The summed E-state index contributed by atoms with van der Waals surface area (Å²) in [5.41, 5.74) is 7.07. The van der Waals surface area contributed by atoms with Crippen LogP contribution in [0.4, 0.5) is 11.4 Å². The Morgan fingerprint density at radius 2 is 2.35 bits per heavy atom. The average Bonchev–Trinajstić information content (AvgIpc) is 2.94. The minimum atomic E-state index is -0.462. The highest BCUT2D eigenvalue weighted by molar-refractivity contribution is 6.34. The SMILES string of the molecule is COC(=O)c1cc(N)cc(Cl)c1NC(C)C1CCOC1. The third-order valence-corrected chi connectivity index (χ3v) is 3.86. The number of rotatable bonds is 4. The van der Waals surface area contributed by atoms with E-state index in [1.54, 1.807) is 12.1 Å². The quantitative estimate of drug-likeness (QED) is 0.660. The van der Waals surface area contributed by atoms with Gasteiger partial charge in [0.1, 0.15) is 0 Å². The summed E-state index contributed by atoms with van der Waals surface area (Å²) in [6, 6.07) is 3.33. The molecule has 3 N–H and O–H groups in total. The van der Waals surface area contributed by atoms with Gasteiger partial charge in [-0.25, -0.2) is 4.79 Å². The molecule has 1 aromatic rings. The van der Waals surface area contributed by atoms with Crippen LogP contribution in [0.3, 0.4) is 0 Å². The molecule has 0 spiro atoms. The normalized spacial score (nSPS) is 19.6. The molecule has 0 bridgehead atoms. The third kappa shape index (κ3) is 3.16. The number of carbonyl (C=O) groups is 1. The Bertz CT molecular complexity index is 501. The molecule has 5 nitrogen and oxygen atoms in total. The maximum absolute atomic E-state index is 11.8. The summed E-state index contributed by atoms with van der Waals surface area (Å²) in [6.45, 7) is 3.54. The first-order valence-electron chi connectivity index (χ1n) is 6.54. The number of methoxy groups -OCH3 is 1. The van der Waals surface area contributed by atoms with Gasteiger partial charge < -0.3 is 20.5 Å². The maximum Gasteiger partial charge on any atom is 0.340 e. The van der Waals surface area contributed by atoms with E-state index < -0.39 is 5.97 Å². The van der Waals surface area contributed by atoms with Crippen molar-refractivity contribution < 1.29 is 14.3 Å². The minimum Gasteiger partial charge on any atom is -0.465 e. The lowest BCUT2D eigenvalue weighted by molar-refractivity contribution is 0.0602. The zero-order valence-corrected chi connectivity index (χ0v) is 12.4. The van der Waals surface area contributed by atoms with Crippen molar-refractivity contribution >= 4 is 28.9 Å². The molecule has 6 heteroatoms. The Balaban J connectivity index is 2.27. The lowest BCUT2D eigenvalue weighted by atomic mass is 10.00. The van der Waals surface area contributed by atoms with Crippen molar-refractivity contribution in [1.82, 2.24) is 0 Å². The largest absolute Gasteiger partial charge is 0.465 e. The molecule has 1 heterocycles. The molecule has 2 unspecified atom stereocenters. The van der Waals surface area contributed by atoms with E-state index in [1.165, 1.54) is 7.11 Å². The minimum absolute atomic E-state index is 0.141. The molecule has 1 aliphatic heterocycles. The van der Waals surface area contributed by atoms with Gasteiger partial charge in [0, 0.05) is 24.3 Å². The molecule has 2 rings (SSSR count). The summed E-state index contributed by atoms with van der Waals surface area (Å²) >= 11 is 6.20. The van der Waals surface area contributed by atoms with E-state index in [0.29, 0.717) is 34.5 Å². The number of hydrogen-bond acceptors (Lipinski definition) is 5. The summed E-state index contributed by atoms with van der Waals surface area (Å²) in [5.74, 6) is -0.0642. The fourth-order valence-corrected chi connectivity index (χ4v) is 2.62. The van der Waals surface area contributed by atoms with E-state index in [4.69, 9.17) is 26.8 Å². The van der Waals surface area contributed by atoms with Crippen molar-refractivity contribution in [3.63, 3.8) is 0 Å². The predicted octanol–water partition coefficient (Wildman–Crippen LogP) is 2.55. The van der Waals surface area contributed by atoms with Crippen LogP contribution in [0.2, 0.25) is 5.02 Å². The molecule has 1 saturated heterocycles. The first-order valence-corrected chi connectivity index (χ1v) is 6.92. The Morgan fingerprint density at radius 3 is 2.95 bits per heavy atom. The molecule has 1 aliphatic rings. The Hall–Kier alpha value is -1.46. The number of benzene rings is 1. The van der Waals surface area contributed by atoms with Gasteiger partial charge in [-0.15, -0.1) is 0 Å². The molecule has 1 aromatic carbocycles. The number of nitrogen functional groups attached to an aromatic ring is 1. The number of ether oxygens (including phenoxy) is 2. The van der Waals surface area contributed by atoms with Crippen LogP contribution in [-0.2, 0) is 9.47 Å². The van der Waals surface area contributed by atoms with E-state index in [2.05, 4.69) is 5.32 Å². The zero-order valence-electron chi connectivity index (χ0n) is 11.6. The maximum atomic E-state index is 11.8. The number of esters is 1. The van der Waals surface area contributed by atoms with Crippen molar-refractivity contribution in [2.24, 2.45) is 5.92 Å². The second-order valence-electron chi connectivity index (χ2n) is 4.97. The van der Waals surface area contributed by atoms with Crippen LogP contribution in [0, 0.1) is 5.92 Å². The van der Waals surface area contributed by atoms with Crippen molar-refractivity contribution in [1.29, 1.82) is 0 Å². The number of nitrogens with two attached hydrogens (primary N) is 1. The first-order chi connectivity index (χ1) is 9.52. The van der Waals surface area contributed by atoms with E-state index in [9.17, 15) is 4.79 Å². The summed E-state index contributed by atoms with van der Waals surface area (Å²) in [6.07, 6.45) is 0.994. The van der Waals surface area contributed by atoms with Crippen LogP contribution in [0.15, 0.2) is 12.1 Å². The lowest BCUT2D eigenvalue weighted by Gasteiger charge is -2.23. The van der Waals surface area contributed by atoms with Crippen molar-refractivity contribution in [3.8, 4) is 0 Å². The van der Waals surface area contributed by atoms with E-state index in [-0.39, 0.29) is 6.04 Å². The van der Waals surface area contributed by atoms with Crippen molar-refractivity contribution in [3.05, 3.63) is 22.7 Å². The van der Waals surface area contributed by atoms with Crippen LogP contribution in [0.1, 0.15) is 23.7 Å². The highest BCUT2D eigenvalue weighted by Crippen LogP contribution is 2.32. The van der Waals surface area contributed by atoms with Crippen LogP contribution in [0.5, 0.6) is 0 Å². The van der Waals surface area contributed by atoms with Gasteiger partial charge in [0.25, 0.3) is 0 Å². The topological polar surface area (TPSA) is 73.6 Å². The van der Waals surface area contributed by atoms with E-state index in [0.717, 1.165) is 13.0 Å². The van der Waals surface area contributed by atoms with Gasteiger partial charge in [0.15, 0.2) is 0 Å². The summed E-state index contributed by atoms with van der Waals surface area (Å²) in [4.78, 5) is 11.8. The van der Waals surface area contributed by atoms with Gasteiger partial charge in [-0.2, -0.15) is 0 Å². The number of halogens is 1. The third-order valence-electron chi connectivity index (χ3n) is 3.56. The van der Waals surface area contributed by atoms with E-state index in [1.807, 2.05) is 6.92 Å². The highest BCUT2D eigenvalue weighted by atomic mass is 35.5. The number of hydrogen-bond donors (Lipinski definition) is 2. The van der Waals surface area contributed by atoms with Crippen LogP contribution in [-0.4, -0.2) is 32.3 Å². The molecule has 0 radical (unpaired) electrons. The van der Waals surface area contributed by atoms with Crippen LogP contribution >= 0.6 is 11.6 Å². The van der Waals surface area contributed by atoms with Gasteiger partial charge in [0.05, 0.1) is 30.0 Å². The molecule has 0 amide bonds. The fraction of sp³-hybridized carbons (Fsp3) is 0.500. The molecule has 20 heavy (non-hydrogen) atoms. The molecule has 0 aromatic heterocycles. The monoisotopic (exact) mass is 298 g/mol. The number of carbonyl (C=O) groups excluding carboxylic acids is 1. The summed E-state index contributed by atoms with van der Waals surface area (Å²) < 4.78 is 10.2. The Kier molecular flexibility index (Phi) is 4.73. The van der Waals surface area contributed by atoms with Gasteiger partial charge in [0.2, 0.25) is 0 Å². The standard InChI is InChI=1S/C14H19ClN2O3/c1-8(9-3-4-20-7-9)17-13-11(14(18)19-2)5-10(16)6-12(13)15/h5-6,8-9,17H,3-4,7,16H2,1-2H3. The van der Waals surface area contributed by atoms with Crippen molar-refractivity contribution in [2.75, 3.05) is 31.4 Å². The second kappa shape index (κ2) is 6.33. The van der Waals surface area contributed by atoms with Crippen LogP contribution < -0.4 is 11.1 Å². The molecule has 0 saturated carbocycles. The molecule has 110 valence electrons. The second-order valence-corrected chi connectivity index (χ2v) is 5.38. The van der Waals surface area contributed by atoms with Gasteiger partial charge in [-0.1, -0.05) is 11.6 Å². The molecular formula is C14H19ClN2O3. The smallest absolute Gasteiger partial charge is 0.340 e. The molecule has 0 aliphatic carbocycles. The zero-order chi connectivity index (χ0) is 14.7. The molecular weight excluding hydrogens is 280 g/mol. The van der Waals surface area contributed by atoms with Gasteiger partial charge in [-0.3, -0.25) is 0 Å². The number of nitrogens with one attached hydrogen (secondary N) is 1. The Morgan fingerprint density at radius 1 is 1.60 bits per heavy atom. The van der Waals surface area contributed by atoms with Crippen molar-refractivity contribution in [2.45, 2.75) is 19.4 Å². The Labute approximate surface area is 123 Å². The highest BCUT2D eigenvalue weighted by Gasteiger charge is 2.25. The fourth-order valence-electron chi connectivity index (χ4n) is 2.34. The van der Waals surface area contributed by atoms with Crippen LogP contribution in [0.25, 0.3) is 0 Å². The van der Waals surface area contributed by atoms with E-state index >= 15 is 0 Å². The summed E-state index contributed by atoms with van der Waals surface area (Å²) in [5, 5.41) is 3.71. The predicted molar refractivity (Wildman–Crippen MR) is 79.2 cm³/mol. The first kappa shape index (κ1) is 14.9. The molecule has 1 fully saturated rings.